The van der Waals surface area contributed by atoms with Crippen molar-refractivity contribution in [3.63, 3.8) is 0 Å². The molecule has 0 spiro atoms. The molecule has 1 fully saturated rings. The molecular weight excluding hydrogens is 424 g/mol. The molecular formula is C20H22N4O6S. The van der Waals surface area contributed by atoms with Crippen LogP contribution in [0.3, 0.4) is 0 Å². The van der Waals surface area contributed by atoms with Crippen LogP contribution >= 0.6 is 0 Å². The van der Waals surface area contributed by atoms with Crippen LogP contribution in [0.15, 0.2) is 33.7 Å². The molecule has 0 saturated carbocycles. The van der Waals surface area contributed by atoms with Gasteiger partial charge >= 0.3 is 0 Å². The first-order valence-electron chi connectivity index (χ1n) is 9.88. The van der Waals surface area contributed by atoms with Crippen molar-refractivity contribution in [3.8, 4) is 0 Å². The maximum atomic E-state index is 12.9. The highest BCUT2D eigenvalue weighted by molar-refractivity contribution is 7.89. The highest BCUT2D eigenvalue weighted by Gasteiger charge is 2.37. The molecule has 4 rings (SSSR count). The van der Waals surface area contributed by atoms with E-state index in [2.05, 4.69) is 5.16 Å². The number of carbonyl (C=O) groups excluding carboxylic acids is 3. The number of rotatable bonds is 5. The van der Waals surface area contributed by atoms with Crippen molar-refractivity contribution in [2.45, 2.75) is 25.2 Å². The Bertz CT molecular complexity index is 1110. The normalized spacial score (nSPS) is 17.4. The first kappa shape index (κ1) is 21.2. The highest BCUT2D eigenvalue weighted by atomic mass is 32.2. The van der Waals surface area contributed by atoms with Crippen LogP contribution in [-0.4, -0.2) is 78.1 Å². The molecule has 11 heteroatoms. The topological polar surface area (TPSA) is 121 Å². The van der Waals surface area contributed by atoms with Gasteiger partial charge in [-0.1, -0.05) is 17.3 Å². The van der Waals surface area contributed by atoms with Gasteiger partial charge in [-0.05, 0) is 26.0 Å². The number of imide groups is 1. The molecule has 0 atom stereocenters. The van der Waals surface area contributed by atoms with Crippen molar-refractivity contribution >= 4 is 27.7 Å². The van der Waals surface area contributed by atoms with Gasteiger partial charge in [0.25, 0.3) is 11.8 Å². The van der Waals surface area contributed by atoms with E-state index in [-0.39, 0.29) is 55.7 Å². The summed E-state index contributed by atoms with van der Waals surface area (Å²) in [5.74, 6) is -0.796. The van der Waals surface area contributed by atoms with Crippen LogP contribution in [0, 0.1) is 13.8 Å². The van der Waals surface area contributed by atoms with Crippen molar-refractivity contribution in [2.24, 2.45) is 0 Å². The van der Waals surface area contributed by atoms with Crippen molar-refractivity contribution in [3.05, 3.63) is 46.8 Å². The molecule has 10 nitrogen and oxygen atoms in total. The van der Waals surface area contributed by atoms with Crippen LogP contribution < -0.4 is 0 Å². The molecule has 3 amide bonds. The average Bonchev–Trinajstić information content (AvgIpc) is 3.23. The number of aromatic nitrogens is 1. The van der Waals surface area contributed by atoms with E-state index in [0.717, 1.165) is 4.90 Å². The van der Waals surface area contributed by atoms with Gasteiger partial charge in [-0.2, -0.15) is 4.31 Å². The Morgan fingerprint density at radius 3 is 2.13 bits per heavy atom. The predicted molar refractivity (Wildman–Crippen MR) is 108 cm³/mol. The lowest BCUT2D eigenvalue weighted by Crippen LogP contribution is -2.51. The number of nitrogens with zero attached hydrogens (tertiary/aromatic N) is 4. The van der Waals surface area contributed by atoms with Gasteiger partial charge in [-0.25, -0.2) is 8.42 Å². The van der Waals surface area contributed by atoms with Gasteiger partial charge in [0.1, 0.15) is 10.6 Å². The van der Waals surface area contributed by atoms with Gasteiger partial charge in [-0.3, -0.25) is 19.3 Å². The number of carbonyl (C=O) groups is 3. The monoisotopic (exact) mass is 446 g/mol. The van der Waals surface area contributed by atoms with E-state index in [1.807, 2.05) is 0 Å². The predicted octanol–water partition coefficient (Wildman–Crippen LogP) is 0.811. The summed E-state index contributed by atoms with van der Waals surface area (Å²) in [6.45, 7) is 3.85. The van der Waals surface area contributed by atoms with Crippen molar-refractivity contribution in [1.82, 2.24) is 19.3 Å². The lowest BCUT2D eigenvalue weighted by molar-refractivity contribution is -0.132. The van der Waals surface area contributed by atoms with Crippen molar-refractivity contribution < 1.29 is 27.3 Å². The molecule has 2 aromatic rings. The van der Waals surface area contributed by atoms with Crippen molar-refractivity contribution in [2.75, 3.05) is 32.7 Å². The molecule has 1 aromatic heterocycles. The van der Waals surface area contributed by atoms with Crippen LogP contribution in [0.25, 0.3) is 0 Å². The number of aryl methyl sites for hydroxylation is 2. The minimum Gasteiger partial charge on any atom is -0.360 e. The zero-order valence-electron chi connectivity index (χ0n) is 17.2. The summed E-state index contributed by atoms with van der Waals surface area (Å²) in [5, 5.41) is 3.70. The SMILES string of the molecule is Cc1noc(C)c1S(=O)(=O)N1CCN(C(=O)CCN2C(=O)c3ccccc3C2=O)CC1. The summed E-state index contributed by atoms with van der Waals surface area (Å²) in [5.41, 5.74) is 0.994. The summed E-state index contributed by atoms with van der Waals surface area (Å²) >= 11 is 0. The fourth-order valence-corrected chi connectivity index (χ4v) is 5.67. The minimum absolute atomic E-state index is 0.0111. The average molecular weight is 446 g/mol. The number of piperazine rings is 1. The summed E-state index contributed by atoms with van der Waals surface area (Å²) in [4.78, 5) is 40.1. The zero-order chi connectivity index (χ0) is 22.3. The molecule has 0 unspecified atom stereocenters. The molecule has 2 aliphatic rings. The second kappa shape index (κ2) is 7.89. The third-order valence-electron chi connectivity index (χ3n) is 5.58. The van der Waals surface area contributed by atoms with Crippen LogP contribution in [0.2, 0.25) is 0 Å². The number of fused-ring (bicyclic) bond motifs is 1. The fraction of sp³-hybridized carbons (Fsp3) is 0.400. The van der Waals surface area contributed by atoms with Crippen LogP contribution in [0.5, 0.6) is 0 Å². The van der Waals surface area contributed by atoms with Gasteiger partial charge in [0.2, 0.25) is 15.9 Å². The van der Waals surface area contributed by atoms with E-state index in [0.29, 0.717) is 16.8 Å². The number of sulfonamides is 1. The summed E-state index contributed by atoms with van der Waals surface area (Å²) < 4.78 is 32.1. The van der Waals surface area contributed by atoms with Gasteiger partial charge < -0.3 is 9.42 Å². The second-order valence-electron chi connectivity index (χ2n) is 7.50. The molecule has 3 heterocycles. The summed E-state index contributed by atoms with van der Waals surface area (Å²) in [6, 6.07) is 6.57. The standard InChI is InChI=1S/C20H22N4O6S/c1-13-18(14(2)30-21-13)31(28,29)23-11-9-22(10-12-23)17(25)7-8-24-19(26)15-5-3-4-6-16(15)20(24)27/h3-6H,7-12H2,1-2H3. The first-order chi connectivity index (χ1) is 14.7. The summed E-state index contributed by atoms with van der Waals surface area (Å²) in [6.07, 6.45) is -0.0118. The Labute approximate surface area is 179 Å². The molecule has 0 radical (unpaired) electrons. The maximum Gasteiger partial charge on any atom is 0.261 e. The maximum absolute atomic E-state index is 12.9. The molecule has 1 saturated heterocycles. The number of amides is 3. The minimum atomic E-state index is -3.76. The molecule has 164 valence electrons. The fourth-order valence-electron chi connectivity index (χ4n) is 3.96. The third kappa shape index (κ3) is 3.63. The van der Waals surface area contributed by atoms with E-state index in [9.17, 15) is 22.8 Å². The molecule has 2 aliphatic heterocycles. The zero-order valence-corrected chi connectivity index (χ0v) is 18.0. The lowest BCUT2D eigenvalue weighted by atomic mass is 10.1. The van der Waals surface area contributed by atoms with Crippen molar-refractivity contribution in [1.29, 1.82) is 0 Å². The Morgan fingerprint density at radius 2 is 1.61 bits per heavy atom. The van der Waals surface area contributed by atoms with E-state index in [4.69, 9.17) is 4.52 Å². The van der Waals surface area contributed by atoms with Gasteiger partial charge in [0.05, 0.1) is 11.1 Å². The van der Waals surface area contributed by atoms with Gasteiger partial charge in [0.15, 0.2) is 5.76 Å². The Kier molecular flexibility index (Phi) is 5.40. The van der Waals surface area contributed by atoms with Crippen LogP contribution in [0.4, 0.5) is 0 Å². The number of hydrogen-bond donors (Lipinski definition) is 0. The third-order valence-corrected chi connectivity index (χ3v) is 7.73. The molecule has 31 heavy (non-hydrogen) atoms. The molecule has 0 aliphatic carbocycles. The Hall–Kier alpha value is -3.05. The molecule has 0 bridgehead atoms. The number of benzene rings is 1. The second-order valence-corrected chi connectivity index (χ2v) is 9.37. The first-order valence-corrected chi connectivity index (χ1v) is 11.3. The highest BCUT2D eigenvalue weighted by Crippen LogP contribution is 2.25. The van der Waals surface area contributed by atoms with E-state index >= 15 is 0 Å². The van der Waals surface area contributed by atoms with Crippen LogP contribution in [0.1, 0.15) is 38.6 Å². The molecule has 1 aromatic carbocycles. The Morgan fingerprint density at radius 1 is 1.03 bits per heavy atom. The lowest BCUT2D eigenvalue weighted by Gasteiger charge is -2.34. The molecule has 0 N–H and O–H groups in total. The van der Waals surface area contributed by atoms with E-state index < -0.39 is 21.8 Å². The number of hydrogen-bond acceptors (Lipinski definition) is 7. The largest absolute Gasteiger partial charge is 0.360 e. The quantitative estimate of drug-likeness (QED) is 0.623. The van der Waals surface area contributed by atoms with Crippen LogP contribution in [-0.2, 0) is 14.8 Å². The van der Waals surface area contributed by atoms with E-state index in [1.165, 1.54) is 4.31 Å². The summed E-state index contributed by atoms with van der Waals surface area (Å²) in [7, 11) is -3.76. The smallest absolute Gasteiger partial charge is 0.261 e. The Balaban J connectivity index is 1.34. The van der Waals surface area contributed by atoms with Gasteiger partial charge in [0, 0.05) is 39.1 Å². The van der Waals surface area contributed by atoms with Gasteiger partial charge in [-0.15, -0.1) is 0 Å². The van der Waals surface area contributed by atoms with E-state index in [1.54, 1.807) is 43.0 Å².